The molecule has 2 unspecified atom stereocenters. The molecule has 1 aromatic rings. The minimum absolute atomic E-state index is 0.340. The van der Waals surface area contributed by atoms with E-state index in [4.69, 9.17) is 16.6 Å². The number of aliphatic imine (C=N–C) groups is 1. The molecule has 3 rings (SSSR count). The molecule has 0 spiro atoms. The van der Waals surface area contributed by atoms with Crippen LogP contribution in [0.1, 0.15) is 13.3 Å². The number of aromatic nitrogens is 1. The maximum atomic E-state index is 6.30. The first-order valence-corrected chi connectivity index (χ1v) is 10.2. The van der Waals surface area contributed by atoms with Crippen LogP contribution in [0.4, 0.5) is 5.82 Å². The quantitative estimate of drug-likeness (QED) is 0.577. The minimum Gasteiger partial charge on any atom is -0.357 e. The molecule has 0 saturated carbocycles. The van der Waals surface area contributed by atoms with Gasteiger partial charge in [0.15, 0.2) is 5.96 Å². The van der Waals surface area contributed by atoms with Crippen LogP contribution in [-0.4, -0.2) is 92.7 Å². The Balaban J connectivity index is 1.57. The molecular weight excluding hydrogens is 362 g/mol. The molecule has 2 saturated heterocycles. The van der Waals surface area contributed by atoms with Crippen LogP contribution >= 0.6 is 11.6 Å². The van der Waals surface area contributed by atoms with Gasteiger partial charge in [0, 0.05) is 57.5 Å². The van der Waals surface area contributed by atoms with Gasteiger partial charge in [-0.3, -0.25) is 9.89 Å². The molecule has 27 heavy (non-hydrogen) atoms. The first-order chi connectivity index (χ1) is 13.1. The highest BCUT2D eigenvalue weighted by molar-refractivity contribution is 6.32. The van der Waals surface area contributed by atoms with E-state index in [1.807, 2.05) is 12.1 Å². The van der Waals surface area contributed by atoms with Crippen molar-refractivity contribution in [3.05, 3.63) is 23.4 Å². The smallest absolute Gasteiger partial charge is 0.191 e. The van der Waals surface area contributed by atoms with E-state index in [2.05, 4.69) is 51.3 Å². The molecule has 0 radical (unpaired) electrons. The van der Waals surface area contributed by atoms with Gasteiger partial charge in [-0.25, -0.2) is 4.98 Å². The Bertz CT molecular complexity index is 638. The van der Waals surface area contributed by atoms with E-state index < -0.39 is 0 Å². The van der Waals surface area contributed by atoms with Crippen molar-refractivity contribution in [3.8, 4) is 0 Å². The van der Waals surface area contributed by atoms with Gasteiger partial charge in [-0.05, 0) is 39.6 Å². The van der Waals surface area contributed by atoms with Crippen LogP contribution in [0.25, 0.3) is 0 Å². The molecule has 2 N–H and O–H groups in total. The number of hydrogen-bond donors (Lipinski definition) is 2. The van der Waals surface area contributed by atoms with Gasteiger partial charge in [-0.15, -0.1) is 0 Å². The third-order valence-electron chi connectivity index (χ3n) is 5.35. The van der Waals surface area contributed by atoms with Crippen molar-refractivity contribution in [2.45, 2.75) is 25.4 Å². The average molecular weight is 394 g/mol. The molecular formula is C19H32ClN7. The van der Waals surface area contributed by atoms with Crippen LogP contribution in [0, 0.1) is 0 Å². The molecule has 150 valence electrons. The van der Waals surface area contributed by atoms with Gasteiger partial charge in [-0.2, -0.15) is 0 Å². The summed E-state index contributed by atoms with van der Waals surface area (Å²) in [5, 5.41) is 7.69. The lowest BCUT2D eigenvalue weighted by atomic mass is 10.2. The van der Waals surface area contributed by atoms with Crippen LogP contribution in [0.2, 0.25) is 5.02 Å². The van der Waals surface area contributed by atoms with Crippen molar-refractivity contribution < 1.29 is 0 Å². The number of hydrogen-bond acceptors (Lipinski definition) is 5. The topological polar surface area (TPSA) is 59.0 Å². The monoisotopic (exact) mass is 393 g/mol. The Kier molecular flexibility index (Phi) is 7.15. The zero-order chi connectivity index (χ0) is 19.2. The van der Waals surface area contributed by atoms with Crippen molar-refractivity contribution in [2.75, 3.05) is 64.8 Å². The Morgan fingerprint density at radius 2 is 2.15 bits per heavy atom. The summed E-state index contributed by atoms with van der Waals surface area (Å²) in [4.78, 5) is 16.3. The number of piperazine rings is 1. The molecule has 2 atom stereocenters. The van der Waals surface area contributed by atoms with Crippen molar-refractivity contribution in [3.63, 3.8) is 0 Å². The summed E-state index contributed by atoms with van der Waals surface area (Å²) >= 11 is 6.30. The van der Waals surface area contributed by atoms with Crippen LogP contribution < -0.4 is 15.5 Å². The molecule has 3 heterocycles. The molecule has 0 bridgehead atoms. The average Bonchev–Trinajstić information content (AvgIpc) is 3.11. The van der Waals surface area contributed by atoms with Crippen molar-refractivity contribution in [1.29, 1.82) is 0 Å². The number of halogens is 1. The summed E-state index contributed by atoms with van der Waals surface area (Å²) in [6.45, 7) is 8.89. The van der Waals surface area contributed by atoms with Crippen molar-refractivity contribution >= 4 is 23.4 Å². The van der Waals surface area contributed by atoms with Gasteiger partial charge in [0.05, 0.1) is 11.6 Å². The first kappa shape index (κ1) is 20.2. The number of pyridine rings is 1. The highest BCUT2D eigenvalue weighted by Crippen LogP contribution is 2.25. The summed E-state index contributed by atoms with van der Waals surface area (Å²) in [5.74, 6) is 1.77. The fraction of sp³-hybridized carbons (Fsp3) is 0.684. The summed E-state index contributed by atoms with van der Waals surface area (Å²) in [7, 11) is 4.38. The lowest BCUT2D eigenvalue weighted by Gasteiger charge is -2.37. The van der Waals surface area contributed by atoms with Gasteiger partial charge in [-0.1, -0.05) is 11.6 Å². The van der Waals surface area contributed by atoms with Gasteiger partial charge in [0.25, 0.3) is 0 Å². The van der Waals surface area contributed by atoms with Crippen molar-refractivity contribution in [2.24, 2.45) is 4.99 Å². The number of rotatable bonds is 5. The van der Waals surface area contributed by atoms with Gasteiger partial charge < -0.3 is 20.4 Å². The minimum atomic E-state index is 0.340. The Hall–Kier alpha value is -1.57. The summed E-state index contributed by atoms with van der Waals surface area (Å²) < 4.78 is 0. The van der Waals surface area contributed by atoms with E-state index in [1.165, 1.54) is 0 Å². The number of guanidine groups is 1. The fourth-order valence-corrected chi connectivity index (χ4v) is 3.93. The number of nitrogens with one attached hydrogen (secondary N) is 2. The molecule has 0 aliphatic carbocycles. The molecule has 0 amide bonds. The molecule has 8 heteroatoms. The number of likely N-dealkylation sites (N-methyl/N-ethyl adjacent to an activating group) is 2. The predicted octanol–water partition coefficient (Wildman–Crippen LogP) is 1.11. The molecule has 7 nitrogen and oxygen atoms in total. The second-order valence-electron chi connectivity index (χ2n) is 7.50. The summed E-state index contributed by atoms with van der Waals surface area (Å²) in [6, 6.07) is 4.57. The van der Waals surface area contributed by atoms with Crippen molar-refractivity contribution in [1.82, 2.24) is 25.4 Å². The fourth-order valence-electron chi connectivity index (χ4n) is 3.69. The molecule has 2 fully saturated rings. The van der Waals surface area contributed by atoms with Gasteiger partial charge in [0.2, 0.25) is 0 Å². The third-order valence-corrected chi connectivity index (χ3v) is 5.65. The second-order valence-corrected chi connectivity index (χ2v) is 7.91. The zero-order valence-corrected chi connectivity index (χ0v) is 17.4. The van der Waals surface area contributed by atoms with E-state index in [1.54, 1.807) is 6.20 Å². The first-order valence-electron chi connectivity index (χ1n) is 9.86. The van der Waals surface area contributed by atoms with E-state index in [0.717, 1.165) is 64.0 Å². The maximum absolute atomic E-state index is 6.30. The third kappa shape index (κ3) is 5.46. The maximum Gasteiger partial charge on any atom is 0.191 e. The number of nitrogens with zero attached hydrogens (tertiary/aromatic N) is 5. The Morgan fingerprint density at radius 3 is 2.93 bits per heavy atom. The van der Waals surface area contributed by atoms with Crippen LogP contribution in [0.3, 0.4) is 0 Å². The normalized spacial score (nSPS) is 25.0. The standard InChI is InChI=1S/C19H32ClN7/c1-4-21-19(23-12-16-14-25(2)10-11-26(16)3)24-15-7-9-27(13-15)18-17(20)6-5-8-22-18/h5-6,8,15-16H,4,7,9-14H2,1-3H3,(H2,21,23,24). The summed E-state index contributed by atoms with van der Waals surface area (Å²) in [6.07, 6.45) is 2.84. The number of anilines is 1. The van der Waals surface area contributed by atoms with E-state index in [-0.39, 0.29) is 0 Å². The predicted molar refractivity (Wildman–Crippen MR) is 113 cm³/mol. The van der Waals surface area contributed by atoms with Crippen LogP contribution in [0.15, 0.2) is 23.3 Å². The molecule has 2 aliphatic heterocycles. The zero-order valence-electron chi connectivity index (χ0n) is 16.7. The molecule has 2 aliphatic rings. The van der Waals surface area contributed by atoms with E-state index in [0.29, 0.717) is 17.1 Å². The Labute approximate surface area is 167 Å². The van der Waals surface area contributed by atoms with E-state index in [9.17, 15) is 0 Å². The highest BCUT2D eigenvalue weighted by Gasteiger charge is 2.26. The van der Waals surface area contributed by atoms with Gasteiger partial charge in [0.1, 0.15) is 5.82 Å². The van der Waals surface area contributed by atoms with Gasteiger partial charge >= 0.3 is 0 Å². The summed E-state index contributed by atoms with van der Waals surface area (Å²) in [5.41, 5.74) is 0. The SMILES string of the molecule is CCNC(=NCC1CN(C)CCN1C)NC1CCN(c2ncccc2Cl)C1. The lowest BCUT2D eigenvalue weighted by Crippen LogP contribution is -2.52. The van der Waals surface area contributed by atoms with Crippen LogP contribution in [0.5, 0.6) is 0 Å². The Morgan fingerprint density at radius 1 is 1.30 bits per heavy atom. The molecule has 0 aromatic carbocycles. The largest absolute Gasteiger partial charge is 0.357 e. The molecule has 1 aromatic heterocycles. The highest BCUT2D eigenvalue weighted by atomic mass is 35.5. The lowest BCUT2D eigenvalue weighted by molar-refractivity contribution is 0.119. The van der Waals surface area contributed by atoms with E-state index >= 15 is 0 Å². The second kappa shape index (κ2) is 9.57. The van der Waals surface area contributed by atoms with Crippen LogP contribution in [-0.2, 0) is 0 Å².